The lowest BCUT2D eigenvalue weighted by Gasteiger charge is -2.55. The molecule has 4 heteroatoms. The van der Waals surface area contributed by atoms with Gasteiger partial charge in [-0.2, -0.15) is 5.10 Å². The van der Waals surface area contributed by atoms with Gasteiger partial charge in [-0.3, -0.25) is 5.43 Å². The molecule has 2 bridgehead atoms. The van der Waals surface area contributed by atoms with E-state index < -0.39 is 0 Å². The molecule has 3 aliphatic rings. The average molecular weight is 327 g/mol. The zero-order valence-corrected chi connectivity index (χ0v) is 15.1. The molecule has 0 heterocycles. The fourth-order valence-corrected chi connectivity index (χ4v) is 3.91. The average Bonchev–Trinajstić information content (AvgIpc) is 2.52. The summed E-state index contributed by atoms with van der Waals surface area (Å²) in [6.07, 6.45) is 6.75. The number of thiocarbonyl (C=S) groups is 1. The maximum Gasteiger partial charge on any atom is 0.191 e. The minimum absolute atomic E-state index is 0.424. The number of anilines is 1. The Morgan fingerprint density at radius 3 is 2.83 bits per heavy atom. The molecule has 0 saturated heterocycles. The first-order chi connectivity index (χ1) is 10.9. The molecule has 1 aromatic rings. The van der Waals surface area contributed by atoms with E-state index in [0.29, 0.717) is 16.4 Å². The number of aryl methyl sites for hydroxylation is 1. The highest BCUT2D eigenvalue weighted by molar-refractivity contribution is 7.80. The van der Waals surface area contributed by atoms with Crippen LogP contribution in [0.25, 0.3) is 0 Å². The SMILES string of the molecule is Cc1cccc(NC(=S)N/N=C/C2=CCC3CC2C3(C)C)c1C. The van der Waals surface area contributed by atoms with Crippen molar-refractivity contribution >= 4 is 29.2 Å². The number of hydrazone groups is 1. The zero-order chi connectivity index (χ0) is 16.6. The monoisotopic (exact) mass is 327 g/mol. The van der Waals surface area contributed by atoms with E-state index in [9.17, 15) is 0 Å². The fourth-order valence-electron chi connectivity index (χ4n) is 3.75. The van der Waals surface area contributed by atoms with Crippen molar-refractivity contribution in [2.45, 2.75) is 40.5 Å². The summed E-state index contributed by atoms with van der Waals surface area (Å²) >= 11 is 5.33. The molecule has 2 unspecified atom stereocenters. The second kappa shape index (κ2) is 6.08. The van der Waals surface area contributed by atoms with Crippen LogP contribution in [0.3, 0.4) is 0 Å². The van der Waals surface area contributed by atoms with Crippen LogP contribution in [-0.4, -0.2) is 11.3 Å². The van der Waals surface area contributed by atoms with E-state index in [2.05, 4.69) is 55.7 Å². The molecule has 1 saturated carbocycles. The zero-order valence-electron chi connectivity index (χ0n) is 14.3. The van der Waals surface area contributed by atoms with E-state index in [4.69, 9.17) is 12.2 Å². The minimum Gasteiger partial charge on any atom is -0.331 e. The predicted octanol–water partition coefficient (Wildman–Crippen LogP) is 4.57. The number of hydrogen-bond donors (Lipinski definition) is 2. The minimum atomic E-state index is 0.424. The van der Waals surface area contributed by atoms with Gasteiger partial charge in [-0.25, -0.2) is 0 Å². The Balaban J connectivity index is 1.57. The van der Waals surface area contributed by atoms with E-state index in [0.717, 1.165) is 11.6 Å². The van der Waals surface area contributed by atoms with Gasteiger partial charge >= 0.3 is 0 Å². The Hall–Kier alpha value is -1.68. The number of benzene rings is 1. The van der Waals surface area contributed by atoms with Crippen LogP contribution in [0.2, 0.25) is 0 Å². The van der Waals surface area contributed by atoms with Gasteiger partial charge in [0.05, 0.1) is 6.21 Å². The smallest absolute Gasteiger partial charge is 0.191 e. The molecular weight excluding hydrogens is 302 g/mol. The lowest BCUT2D eigenvalue weighted by atomic mass is 9.49. The standard InChI is InChI=1S/C19H25N3S/c1-12-6-5-7-17(13(12)2)21-18(23)22-20-11-14-8-9-15-10-16(14)19(15,3)4/h5-8,11,15-16H,9-10H2,1-4H3,(H2,21,22,23)/b20-11+. The van der Waals surface area contributed by atoms with Crippen LogP contribution in [0, 0.1) is 31.1 Å². The summed E-state index contributed by atoms with van der Waals surface area (Å²) < 4.78 is 0. The van der Waals surface area contributed by atoms with Gasteiger partial charge < -0.3 is 5.32 Å². The fraction of sp³-hybridized carbons (Fsp3) is 0.474. The summed E-state index contributed by atoms with van der Waals surface area (Å²) in [5, 5.41) is 8.08. The third kappa shape index (κ3) is 3.05. The number of nitrogens with zero attached hydrogens (tertiary/aromatic N) is 1. The largest absolute Gasteiger partial charge is 0.331 e. The molecule has 4 rings (SSSR count). The van der Waals surface area contributed by atoms with E-state index in [1.165, 1.54) is 29.5 Å². The summed E-state index contributed by atoms with van der Waals surface area (Å²) in [5.41, 5.74) is 8.19. The molecule has 1 fully saturated rings. The van der Waals surface area contributed by atoms with Crippen LogP contribution in [-0.2, 0) is 0 Å². The van der Waals surface area contributed by atoms with E-state index >= 15 is 0 Å². The van der Waals surface area contributed by atoms with Crippen molar-refractivity contribution < 1.29 is 0 Å². The molecular formula is C19H25N3S. The van der Waals surface area contributed by atoms with Gasteiger partial charge in [0, 0.05) is 5.69 Å². The number of rotatable bonds is 3. The Morgan fingerprint density at radius 2 is 2.13 bits per heavy atom. The van der Waals surface area contributed by atoms with Crippen molar-refractivity contribution in [2.24, 2.45) is 22.4 Å². The summed E-state index contributed by atoms with van der Waals surface area (Å²) in [4.78, 5) is 0. The quantitative estimate of drug-likeness (QED) is 0.485. The third-order valence-corrected chi connectivity index (χ3v) is 5.94. The van der Waals surface area contributed by atoms with Crippen molar-refractivity contribution in [3.05, 3.63) is 41.0 Å². The molecule has 2 N–H and O–H groups in total. The maximum absolute atomic E-state index is 5.33. The van der Waals surface area contributed by atoms with Crippen LogP contribution >= 0.6 is 12.2 Å². The van der Waals surface area contributed by atoms with Gasteiger partial charge in [-0.1, -0.05) is 32.1 Å². The summed E-state index contributed by atoms with van der Waals surface area (Å²) in [7, 11) is 0. The number of allylic oxidation sites excluding steroid dienone is 2. The second-order valence-electron chi connectivity index (χ2n) is 7.32. The molecule has 122 valence electrons. The van der Waals surface area contributed by atoms with Crippen LogP contribution in [0.1, 0.15) is 37.8 Å². The predicted molar refractivity (Wildman–Crippen MR) is 102 cm³/mol. The van der Waals surface area contributed by atoms with Crippen LogP contribution in [0.5, 0.6) is 0 Å². The molecule has 1 aromatic carbocycles. The van der Waals surface area contributed by atoms with Crippen molar-refractivity contribution in [1.82, 2.24) is 5.43 Å². The third-order valence-electron chi connectivity index (χ3n) is 5.74. The number of hydrogen-bond acceptors (Lipinski definition) is 2. The Kier molecular flexibility index (Phi) is 4.28. The molecule has 0 radical (unpaired) electrons. The molecule has 0 amide bonds. The van der Waals surface area contributed by atoms with Gasteiger partial charge in [0.25, 0.3) is 0 Å². The van der Waals surface area contributed by atoms with Gasteiger partial charge in [0.15, 0.2) is 5.11 Å². The normalized spacial score (nSPS) is 24.8. The summed E-state index contributed by atoms with van der Waals surface area (Å²) in [5.74, 6) is 1.50. The summed E-state index contributed by atoms with van der Waals surface area (Å²) in [6.45, 7) is 8.92. The molecule has 0 spiro atoms. The first kappa shape index (κ1) is 16.2. The summed E-state index contributed by atoms with van der Waals surface area (Å²) in [6, 6.07) is 6.15. The molecule has 3 aliphatic carbocycles. The number of fused-ring (bicyclic) bond motifs is 1. The lowest BCUT2D eigenvalue weighted by Crippen LogP contribution is -2.48. The lowest BCUT2D eigenvalue weighted by molar-refractivity contribution is -0.00126. The first-order valence-corrected chi connectivity index (χ1v) is 8.66. The van der Waals surface area contributed by atoms with Gasteiger partial charge in [0.2, 0.25) is 0 Å². The highest BCUT2D eigenvalue weighted by atomic mass is 32.1. The molecule has 0 aliphatic heterocycles. The molecule has 2 atom stereocenters. The van der Waals surface area contributed by atoms with Crippen LogP contribution in [0.15, 0.2) is 34.9 Å². The van der Waals surface area contributed by atoms with E-state index in [-0.39, 0.29) is 0 Å². The van der Waals surface area contributed by atoms with Crippen molar-refractivity contribution in [3.63, 3.8) is 0 Å². The second-order valence-corrected chi connectivity index (χ2v) is 7.73. The maximum atomic E-state index is 5.33. The molecule has 3 nitrogen and oxygen atoms in total. The van der Waals surface area contributed by atoms with E-state index in [1.807, 2.05) is 18.3 Å². The van der Waals surface area contributed by atoms with Crippen molar-refractivity contribution in [3.8, 4) is 0 Å². The molecule has 0 aromatic heterocycles. The highest BCUT2D eigenvalue weighted by Crippen LogP contribution is 2.58. The van der Waals surface area contributed by atoms with Gasteiger partial charge in [-0.15, -0.1) is 0 Å². The van der Waals surface area contributed by atoms with Crippen molar-refractivity contribution in [2.75, 3.05) is 5.32 Å². The number of nitrogens with one attached hydrogen (secondary N) is 2. The Bertz CT molecular complexity index is 688. The highest BCUT2D eigenvalue weighted by Gasteiger charge is 2.50. The van der Waals surface area contributed by atoms with Gasteiger partial charge in [0.1, 0.15) is 0 Å². The first-order valence-electron chi connectivity index (χ1n) is 8.26. The Labute approximate surface area is 144 Å². The Morgan fingerprint density at radius 1 is 1.35 bits per heavy atom. The van der Waals surface area contributed by atoms with Gasteiger partial charge in [-0.05, 0) is 78.9 Å². The van der Waals surface area contributed by atoms with E-state index in [1.54, 1.807) is 0 Å². The van der Waals surface area contributed by atoms with Crippen molar-refractivity contribution in [1.29, 1.82) is 0 Å². The molecule has 23 heavy (non-hydrogen) atoms. The van der Waals surface area contributed by atoms with Crippen LogP contribution < -0.4 is 10.7 Å². The topological polar surface area (TPSA) is 36.4 Å². The van der Waals surface area contributed by atoms with Crippen LogP contribution in [0.4, 0.5) is 5.69 Å².